The van der Waals surface area contributed by atoms with E-state index in [4.69, 9.17) is 4.74 Å². The largest absolute Gasteiger partial charge is 0.432 e. The lowest BCUT2D eigenvalue weighted by Gasteiger charge is -2.04. The van der Waals surface area contributed by atoms with Crippen LogP contribution in [-0.4, -0.2) is 28.0 Å². The summed E-state index contributed by atoms with van der Waals surface area (Å²) in [6.07, 6.45) is 0. The Morgan fingerprint density at radius 1 is 1.00 bits per heavy atom. The predicted molar refractivity (Wildman–Crippen MR) is 119 cm³/mol. The highest BCUT2D eigenvalue weighted by atomic mass is 16.7. The predicted octanol–water partition coefficient (Wildman–Crippen LogP) is 4.50. The molecule has 0 spiro atoms. The molecule has 0 unspecified atom stereocenters. The van der Waals surface area contributed by atoms with Crippen LogP contribution in [0.3, 0.4) is 0 Å². The Labute approximate surface area is 182 Å². The molecule has 0 atom stereocenters. The molecule has 3 aromatic carbocycles. The molecule has 7 heteroatoms. The molecule has 1 aliphatic rings. The SMILES string of the molecule is CCn1c2ccc(C(=O)c3ccccc3)cc2c2c3c(ccc21)C(=O)C(=NOC(C)=O)O3. The van der Waals surface area contributed by atoms with Crippen LogP contribution in [0.4, 0.5) is 0 Å². The molecule has 0 amide bonds. The Kier molecular flexibility index (Phi) is 4.59. The Balaban J connectivity index is 1.73. The average Bonchev–Trinajstić information content (AvgIpc) is 3.31. The molecule has 2 heterocycles. The lowest BCUT2D eigenvalue weighted by Crippen LogP contribution is -2.13. The van der Waals surface area contributed by atoms with E-state index in [9.17, 15) is 14.4 Å². The van der Waals surface area contributed by atoms with E-state index in [0.29, 0.717) is 34.4 Å². The first-order valence-corrected chi connectivity index (χ1v) is 10.2. The zero-order chi connectivity index (χ0) is 22.4. The summed E-state index contributed by atoms with van der Waals surface area (Å²) in [4.78, 5) is 41.4. The second-order valence-corrected chi connectivity index (χ2v) is 7.42. The fourth-order valence-electron chi connectivity index (χ4n) is 4.11. The molecule has 0 aliphatic carbocycles. The topological polar surface area (TPSA) is 87.0 Å². The van der Waals surface area contributed by atoms with Gasteiger partial charge in [-0.3, -0.25) is 9.59 Å². The first-order chi connectivity index (χ1) is 15.5. The molecule has 158 valence electrons. The summed E-state index contributed by atoms with van der Waals surface area (Å²) >= 11 is 0. The van der Waals surface area contributed by atoms with Crippen LogP contribution in [0.25, 0.3) is 21.8 Å². The third-order valence-electron chi connectivity index (χ3n) is 5.49. The molecule has 0 radical (unpaired) electrons. The van der Waals surface area contributed by atoms with Crippen molar-refractivity contribution in [3.63, 3.8) is 0 Å². The van der Waals surface area contributed by atoms with Gasteiger partial charge in [-0.15, -0.1) is 0 Å². The van der Waals surface area contributed by atoms with E-state index in [-0.39, 0.29) is 11.7 Å². The first-order valence-electron chi connectivity index (χ1n) is 10.2. The Morgan fingerprint density at radius 3 is 2.47 bits per heavy atom. The Bertz CT molecular complexity index is 1460. The van der Waals surface area contributed by atoms with Crippen LogP contribution < -0.4 is 4.74 Å². The van der Waals surface area contributed by atoms with Crippen LogP contribution in [0.5, 0.6) is 5.75 Å². The lowest BCUT2D eigenvalue weighted by molar-refractivity contribution is -0.141. The zero-order valence-corrected chi connectivity index (χ0v) is 17.4. The maximum Gasteiger partial charge on any atom is 0.332 e. The third-order valence-corrected chi connectivity index (χ3v) is 5.49. The van der Waals surface area contributed by atoms with Crippen LogP contribution in [0.1, 0.15) is 40.1 Å². The van der Waals surface area contributed by atoms with E-state index in [1.807, 2.05) is 49.4 Å². The number of benzene rings is 3. The second kappa shape index (κ2) is 7.46. The number of nitrogens with zero attached hydrogens (tertiary/aromatic N) is 2. The van der Waals surface area contributed by atoms with Crippen molar-refractivity contribution < 1.29 is 24.0 Å². The van der Waals surface area contributed by atoms with Gasteiger partial charge in [0.2, 0.25) is 0 Å². The van der Waals surface area contributed by atoms with Gasteiger partial charge in [0.05, 0.1) is 16.5 Å². The minimum absolute atomic E-state index is 0.0911. The van der Waals surface area contributed by atoms with Crippen molar-refractivity contribution in [3.8, 4) is 5.75 Å². The molecule has 1 aliphatic heterocycles. The molecule has 0 N–H and O–H groups in total. The van der Waals surface area contributed by atoms with E-state index >= 15 is 0 Å². The lowest BCUT2D eigenvalue weighted by atomic mass is 10.00. The molecule has 1 aromatic heterocycles. The molecule has 0 fully saturated rings. The number of aromatic nitrogens is 1. The number of carbonyl (C=O) groups is 3. The summed E-state index contributed by atoms with van der Waals surface area (Å²) in [6.45, 7) is 3.90. The van der Waals surface area contributed by atoms with E-state index in [1.54, 1.807) is 18.2 Å². The van der Waals surface area contributed by atoms with E-state index in [2.05, 4.69) is 14.6 Å². The number of oxime groups is 1. The van der Waals surface area contributed by atoms with Crippen molar-refractivity contribution in [2.24, 2.45) is 5.16 Å². The van der Waals surface area contributed by atoms with Gasteiger partial charge in [-0.05, 0) is 42.4 Å². The van der Waals surface area contributed by atoms with E-state index in [1.165, 1.54) is 6.92 Å². The van der Waals surface area contributed by atoms with Crippen molar-refractivity contribution >= 4 is 45.2 Å². The first kappa shape index (κ1) is 19.7. The Hall–Kier alpha value is -4.26. The normalized spacial score (nSPS) is 14.1. The number of rotatable bonds is 4. The van der Waals surface area contributed by atoms with Crippen molar-refractivity contribution in [3.05, 3.63) is 77.4 Å². The summed E-state index contributed by atoms with van der Waals surface area (Å²) in [5.74, 6) is -1.15. The number of ether oxygens (including phenoxy) is 1. The number of ketones is 2. The minimum Gasteiger partial charge on any atom is -0.432 e. The molecule has 32 heavy (non-hydrogen) atoms. The molecule has 0 saturated carbocycles. The van der Waals surface area contributed by atoms with Crippen molar-refractivity contribution in [1.82, 2.24) is 4.57 Å². The highest BCUT2D eigenvalue weighted by molar-refractivity contribution is 6.47. The number of hydrogen-bond donors (Lipinski definition) is 0. The fourth-order valence-corrected chi connectivity index (χ4v) is 4.11. The summed E-state index contributed by atoms with van der Waals surface area (Å²) in [5, 5.41) is 5.06. The quantitative estimate of drug-likeness (QED) is 0.272. The fraction of sp³-hybridized carbons (Fsp3) is 0.120. The smallest absolute Gasteiger partial charge is 0.332 e. The summed E-state index contributed by atoms with van der Waals surface area (Å²) in [5.41, 5.74) is 3.25. The van der Waals surface area contributed by atoms with Gasteiger partial charge in [0.15, 0.2) is 11.5 Å². The average molecular weight is 426 g/mol. The second-order valence-electron chi connectivity index (χ2n) is 7.42. The van der Waals surface area contributed by atoms with Gasteiger partial charge >= 0.3 is 11.9 Å². The minimum atomic E-state index is -0.651. The maximum absolute atomic E-state index is 13.0. The van der Waals surface area contributed by atoms with Crippen LogP contribution >= 0.6 is 0 Å². The molecular formula is C25H18N2O5. The van der Waals surface area contributed by atoms with Gasteiger partial charge in [0.25, 0.3) is 5.78 Å². The number of hydrogen-bond acceptors (Lipinski definition) is 6. The van der Waals surface area contributed by atoms with E-state index < -0.39 is 11.8 Å². The van der Waals surface area contributed by atoms with Gasteiger partial charge in [-0.1, -0.05) is 30.3 Å². The summed E-state index contributed by atoms with van der Waals surface area (Å²) in [6, 6.07) is 18.1. The highest BCUT2D eigenvalue weighted by Gasteiger charge is 2.33. The maximum atomic E-state index is 13.0. The molecular weight excluding hydrogens is 408 g/mol. The monoisotopic (exact) mass is 426 g/mol. The van der Waals surface area contributed by atoms with Crippen molar-refractivity contribution in [2.45, 2.75) is 20.4 Å². The van der Waals surface area contributed by atoms with Crippen LogP contribution in [0.15, 0.2) is 65.8 Å². The number of Topliss-reactive ketones (excluding diaryl/α,β-unsaturated/α-hetero) is 1. The molecule has 5 rings (SSSR count). The number of fused-ring (bicyclic) bond motifs is 5. The standard InChI is InChI=1S/C25H18N2O5/c1-3-27-19-11-9-16(22(29)15-7-5-4-6-8-15)13-18(19)21-20(27)12-10-17-23(30)25(31-24(17)21)26-32-14(2)28/h4-13H,3H2,1-2H3. The van der Waals surface area contributed by atoms with Gasteiger partial charge in [0.1, 0.15) is 0 Å². The number of aryl methyl sites for hydroxylation is 1. The summed E-state index contributed by atoms with van der Waals surface area (Å²) < 4.78 is 7.85. The Morgan fingerprint density at radius 2 is 1.75 bits per heavy atom. The highest BCUT2D eigenvalue weighted by Crippen LogP contribution is 2.41. The van der Waals surface area contributed by atoms with Crippen molar-refractivity contribution in [1.29, 1.82) is 0 Å². The van der Waals surface area contributed by atoms with Gasteiger partial charge in [-0.25, -0.2) is 4.79 Å². The molecule has 7 nitrogen and oxygen atoms in total. The van der Waals surface area contributed by atoms with Gasteiger partial charge in [-0.2, -0.15) is 0 Å². The van der Waals surface area contributed by atoms with Crippen LogP contribution in [0, 0.1) is 0 Å². The summed E-state index contributed by atoms with van der Waals surface area (Å²) in [7, 11) is 0. The molecule has 4 aromatic rings. The van der Waals surface area contributed by atoms with Crippen LogP contribution in [-0.2, 0) is 16.2 Å². The molecule has 0 saturated heterocycles. The van der Waals surface area contributed by atoms with Gasteiger partial charge in [0, 0.05) is 35.5 Å². The van der Waals surface area contributed by atoms with Gasteiger partial charge < -0.3 is 14.1 Å². The van der Waals surface area contributed by atoms with Crippen molar-refractivity contribution in [2.75, 3.05) is 0 Å². The van der Waals surface area contributed by atoms with Crippen LogP contribution in [0.2, 0.25) is 0 Å². The molecule has 0 bridgehead atoms. The van der Waals surface area contributed by atoms with E-state index in [0.717, 1.165) is 16.4 Å². The zero-order valence-electron chi connectivity index (χ0n) is 17.4. The third kappa shape index (κ3) is 2.98. The number of carbonyl (C=O) groups excluding carboxylic acids is 3.